The fraction of sp³-hybridized carbons (Fsp3) is 0.261. The van der Waals surface area contributed by atoms with Crippen LogP contribution in [0.5, 0.6) is 5.75 Å². The maximum absolute atomic E-state index is 6.50. The SMILES string of the molecule is COc1ccc2nc(C(N)C(C)C)n(Cc3ccc4ccccc4c3)c2c1. The lowest BCUT2D eigenvalue weighted by atomic mass is 10.0. The van der Waals surface area contributed by atoms with E-state index in [0.29, 0.717) is 5.92 Å². The molecular weight excluding hydrogens is 334 g/mol. The summed E-state index contributed by atoms with van der Waals surface area (Å²) in [6.45, 7) is 4.99. The summed E-state index contributed by atoms with van der Waals surface area (Å²) < 4.78 is 7.66. The van der Waals surface area contributed by atoms with Crippen molar-refractivity contribution in [2.24, 2.45) is 11.7 Å². The minimum Gasteiger partial charge on any atom is -0.497 e. The van der Waals surface area contributed by atoms with Crippen molar-refractivity contribution in [1.29, 1.82) is 0 Å². The topological polar surface area (TPSA) is 53.1 Å². The summed E-state index contributed by atoms with van der Waals surface area (Å²) in [7, 11) is 1.69. The van der Waals surface area contributed by atoms with Gasteiger partial charge in [0.05, 0.1) is 24.2 Å². The van der Waals surface area contributed by atoms with Gasteiger partial charge in [0.2, 0.25) is 0 Å². The van der Waals surface area contributed by atoms with Crippen LogP contribution in [0.25, 0.3) is 21.8 Å². The zero-order valence-corrected chi connectivity index (χ0v) is 16.0. The van der Waals surface area contributed by atoms with Crippen molar-refractivity contribution in [3.05, 3.63) is 72.1 Å². The summed E-state index contributed by atoms with van der Waals surface area (Å²) in [5.74, 6) is 2.05. The van der Waals surface area contributed by atoms with Gasteiger partial charge in [0, 0.05) is 12.6 Å². The molecule has 1 atom stereocenters. The first-order valence-electron chi connectivity index (χ1n) is 9.34. The number of hydrogen-bond acceptors (Lipinski definition) is 3. The first-order chi connectivity index (χ1) is 13.1. The van der Waals surface area contributed by atoms with E-state index in [0.717, 1.165) is 29.2 Å². The Morgan fingerprint density at radius 2 is 1.78 bits per heavy atom. The number of nitrogens with zero attached hydrogens (tertiary/aromatic N) is 2. The molecule has 0 saturated heterocycles. The zero-order chi connectivity index (χ0) is 19.0. The Balaban J connectivity index is 1.85. The minimum atomic E-state index is -0.121. The average Bonchev–Trinajstić information content (AvgIpc) is 3.04. The second-order valence-corrected chi connectivity index (χ2v) is 7.36. The van der Waals surface area contributed by atoms with Crippen molar-refractivity contribution in [2.75, 3.05) is 7.11 Å². The predicted octanol–water partition coefficient (Wildman–Crippen LogP) is 4.90. The van der Waals surface area contributed by atoms with Gasteiger partial charge in [0.25, 0.3) is 0 Å². The van der Waals surface area contributed by atoms with Gasteiger partial charge >= 0.3 is 0 Å². The lowest BCUT2D eigenvalue weighted by Gasteiger charge is -2.18. The van der Waals surface area contributed by atoms with E-state index in [4.69, 9.17) is 15.5 Å². The first kappa shape index (κ1) is 17.6. The van der Waals surface area contributed by atoms with E-state index in [1.54, 1.807) is 7.11 Å². The Bertz CT molecular complexity index is 1100. The van der Waals surface area contributed by atoms with Gasteiger partial charge < -0.3 is 15.0 Å². The number of benzene rings is 3. The smallest absolute Gasteiger partial charge is 0.127 e. The van der Waals surface area contributed by atoms with Crippen molar-refractivity contribution in [3.63, 3.8) is 0 Å². The molecule has 3 aromatic carbocycles. The van der Waals surface area contributed by atoms with Gasteiger partial charge in [0.15, 0.2) is 0 Å². The van der Waals surface area contributed by atoms with Crippen molar-refractivity contribution in [1.82, 2.24) is 9.55 Å². The normalized spacial score (nSPS) is 12.8. The number of methoxy groups -OCH3 is 1. The molecule has 1 heterocycles. The maximum atomic E-state index is 6.50. The van der Waals surface area contributed by atoms with Crippen LogP contribution in [-0.2, 0) is 6.54 Å². The van der Waals surface area contributed by atoms with Gasteiger partial charge in [-0.3, -0.25) is 0 Å². The minimum absolute atomic E-state index is 0.121. The first-order valence-corrected chi connectivity index (χ1v) is 9.34. The number of aromatic nitrogens is 2. The van der Waals surface area contributed by atoms with Crippen LogP contribution in [-0.4, -0.2) is 16.7 Å². The molecule has 4 aromatic rings. The highest BCUT2D eigenvalue weighted by molar-refractivity contribution is 5.83. The highest BCUT2D eigenvalue weighted by Crippen LogP contribution is 2.28. The molecule has 0 amide bonds. The lowest BCUT2D eigenvalue weighted by Crippen LogP contribution is -2.22. The van der Waals surface area contributed by atoms with Crippen LogP contribution in [0.1, 0.15) is 31.3 Å². The number of nitrogens with two attached hydrogens (primary N) is 1. The second kappa shape index (κ2) is 7.05. The van der Waals surface area contributed by atoms with Crippen molar-refractivity contribution >= 4 is 21.8 Å². The Morgan fingerprint density at radius 1 is 1.00 bits per heavy atom. The molecule has 1 aromatic heterocycles. The third-order valence-corrected chi connectivity index (χ3v) is 5.16. The third kappa shape index (κ3) is 3.28. The molecule has 0 aliphatic carbocycles. The van der Waals surface area contributed by atoms with E-state index in [1.807, 2.05) is 18.2 Å². The molecule has 0 fully saturated rings. The maximum Gasteiger partial charge on any atom is 0.127 e. The Hall–Kier alpha value is -2.85. The number of hydrogen-bond donors (Lipinski definition) is 1. The quantitative estimate of drug-likeness (QED) is 0.551. The van der Waals surface area contributed by atoms with Gasteiger partial charge in [-0.05, 0) is 40.5 Å². The van der Waals surface area contributed by atoms with Gasteiger partial charge in [0.1, 0.15) is 11.6 Å². The van der Waals surface area contributed by atoms with Crippen LogP contribution in [0.15, 0.2) is 60.7 Å². The molecule has 4 heteroatoms. The van der Waals surface area contributed by atoms with E-state index in [1.165, 1.54) is 16.3 Å². The Morgan fingerprint density at radius 3 is 2.52 bits per heavy atom. The lowest BCUT2D eigenvalue weighted by molar-refractivity contribution is 0.415. The molecule has 0 aliphatic rings. The monoisotopic (exact) mass is 359 g/mol. The van der Waals surface area contributed by atoms with Crippen LogP contribution in [0, 0.1) is 5.92 Å². The van der Waals surface area contributed by atoms with Gasteiger partial charge in [-0.15, -0.1) is 0 Å². The molecule has 0 aliphatic heterocycles. The molecule has 4 nitrogen and oxygen atoms in total. The second-order valence-electron chi connectivity index (χ2n) is 7.36. The largest absolute Gasteiger partial charge is 0.497 e. The number of ether oxygens (including phenoxy) is 1. The van der Waals surface area contributed by atoms with E-state index >= 15 is 0 Å². The van der Waals surface area contributed by atoms with Gasteiger partial charge in [-0.2, -0.15) is 0 Å². The summed E-state index contributed by atoms with van der Waals surface area (Å²) in [6.07, 6.45) is 0. The fourth-order valence-electron chi connectivity index (χ4n) is 3.49. The van der Waals surface area contributed by atoms with E-state index in [9.17, 15) is 0 Å². The van der Waals surface area contributed by atoms with E-state index < -0.39 is 0 Å². The standard InChI is InChI=1S/C23H25N3O/c1-15(2)22(24)23-25-20-11-10-19(27-3)13-21(20)26(23)14-16-8-9-17-6-4-5-7-18(17)12-16/h4-13,15,22H,14,24H2,1-3H3. The number of fused-ring (bicyclic) bond motifs is 2. The number of rotatable bonds is 5. The van der Waals surface area contributed by atoms with Crippen molar-refractivity contribution in [3.8, 4) is 5.75 Å². The molecule has 0 radical (unpaired) electrons. The van der Waals surface area contributed by atoms with Crippen LogP contribution >= 0.6 is 0 Å². The predicted molar refractivity (Wildman–Crippen MR) is 111 cm³/mol. The summed E-state index contributed by atoms with van der Waals surface area (Å²) in [6, 6.07) is 20.9. The third-order valence-electron chi connectivity index (χ3n) is 5.16. The molecule has 0 spiro atoms. The van der Waals surface area contributed by atoms with Gasteiger partial charge in [-0.1, -0.05) is 50.2 Å². The molecule has 0 saturated carbocycles. The summed E-state index contributed by atoms with van der Waals surface area (Å²) in [4.78, 5) is 4.85. The zero-order valence-electron chi connectivity index (χ0n) is 16.0. The number of imidazole rings is 1. The fourth-order valence-corrected chi connectivity index (χ4v) is 3.49. The van der Waals surface area contributed by atoms with E-state index in [-0.39, 0.29) is 6.04 Å². The molecular formula is C23H25N3O. The molecule has 2 N–H and O–H groups in total. The molecule has 1 unspecified atom stereocenters. The van der Waals surface area contributed by atoms with Crippen molar-refractivity contribution in [2.45, 2.75) is 26.4 Å². The summed E-state index contributed by atoms with van der Waals surface area (Å²) in [5.41, 5.74) is 9.73. The highest BCUT2D eigenvalue weighted by Gasteiger charge is 2.20. The van der Waals surface area contributed by atoms with E-state index in [2.05, 4.69) is 60.9 Å². The summed E-state index contributed by atoms with van der Waals surface area (Å²) in [5, 5.41) is 2.49. The average molecular weight is 359 g/mol. The molecule has 4 rings (SSSR count). The highest BCUT2D eigenvalue weighted by atomic mass is 16.5. The summed E-state index contributed by atoms with van der Waals surface area (Å²) >= 11 is 0. The Labute approximate surface area is 159 Å². The van der Waals surface area contributed by atoms with Crippen LogP contribution in [0.2, 0.25) is 0 Å². The molecule has 27 heavy (non-hydrogen) atoms. The molecule has 138 valence electrons. The Kier molecular flexibility index (Phi) is 4.58. The molecule has 0 bridgehead atoms. The van der Waals surface area contributed by atoms with Gasteiger partial charge in [-0.25, -0.2) is 4.98 Å². The van der Waals surface area contributed by atoms with Crippen LogP contribution in [0.4, 0.5) is 0 Å². The van der Waals surface area contributed by atoms with Crippen LogP contribution in [0.3, 0.4) is 0 Å². The van der Waals surface area contributed by atoms with Crippen LogP contribution < -0.4 is 10.5 Å². The van der Waals surface area contributed by atoms with Crippen molar-refractivity contribution < 1.29 is 4.74 Å².